The number of fused-ring (bicyclic) bond motifs is 1. The molecule has 5 rings (SSSR count). The minimum absolute atomic E-state index is 0.00113. The fraction of sp³-hybridized carbons (Fsp3) is 0.458. The van der Waals surface area contributed by atoms with E-state index >= 15 is 0 Å². The monoisotopic (exact) mass is 544 g/mol. The van der Waals surface area contributed by atoms with Crippen molar-refractivity contribution in [1.82, 2.24) is 29.9 Å². The molecule has 3 N–H and O–H groups in total. The van der Waals surface area contributed by atoms with Gasteiger partial charge in [0.05, 0.1) is 33.0 Å². The maximum Gasteiger partial charge on any atom is 0.245 e. The topological polar surface area (TPSA) is 123 Å². The van der Waals surface area contributed by atoms with Gasteiger partial charge in [-0.25, -0.2) is 18.9 Å². The zero-order valence-corrected chi connectivity index (χ0v) is 22.8. The van der Waals surface area contributed by atoms with Gasteiger partial charge in [0, 0.05) is 36.1 Å². The van der Waals surface area contributed by atoms with Gasteiger partial charge in [0.1, 0.15) is 10.8 Å². The van der Waals surface area contributed by atoms with Gasteiger partial charge in [0.25, 0.3) is 0 Å². The van der Waals surface area contributed by atoms with Crippen molar-refractivity contribution in [1.29, 1.82) is 0 Å². The third-order valence-electron chi connectivity index (χ3n) is 6.82. The highest BCUT2D eigenvalue weighted by Crippen LogP contribution is 2.52. The van der Waals surface area contributed by atoms with Crippen LogP contribution in [0.3, 0.4) is 0 Å². The van der Waals surface area contributed by atoms with Crippen molar-refractivity contribution in [2.75, 3.05) is 23.7 Å². The zero-order valence-electron chi connectivity index (χ0n) is 20.4. The average molecular weight is 545 g/mol. The van der Waals surface area contributed by atoms with E-state index in [1.165, 1.54) is 17.3 Å². The number of hydrogen-bond donors (Lipinski definition) is 2. The van der Waals surface area contributed by atoms with E-state index in [1.54, 1.807) is 18.5 Å². The molecule has 9 nitrogen and oxygen atoms in total. The molecular formula is C24H29ClN8OS2. The van der Waals surface area contributed by atoms with E-state index < -0.39 is 11.0 Å². The summed E-state index contributed by atoms with van der Waals surface area (Å²) in [4.78, 5) is 16.1. The fourth-order valence-corrected chi connectivity index (χ4v) is 6.71. The summed E-state index contributed by atoms with van der Waals surface area (Å²) in [6.07, 6.45) is 7.86. The number of nitrogen functional groups attached to an aromatic ring is 1. The molecule has 3 aromatic heterocycles. The number of rotatable bonds is 5. The molecule has 0 aromatic carbocycles. The number of piperidine rings is 1. The summed E-state index contributed by atoms with van der Waals surface area (Å²) in [6, 6.07) is 5.87. The van der Waals surface area contributed by atoms with E-state index in [0.29, 0.717) is 16.0 Å². The Kier molecular flexibility index (Phi) is 6.92. The van der Waals surface area contributed by atoms with Crippen LogP contribution in [0.15, 0.2) is 46.7 Å². The molecule has 1 aliphatic heterocycles. The molecule has 2 atom stereocenters. The molecule has 1 spiro atoms. The minimum atomic E-state index is -1.18. The molecule has 0 bridgehead atoms. The van der Waals surface area contributed by atoms with Crippen LogP contribution < -0.4 is 15.4 Å². The normalized spacial score (nSPS) is 19.9. The number of pyridine rings is 2. The lowest BCUT2D eigenvalue weighted by Gasteiger charge is -2.43. The predicted molar refractivity (Wildman–Crippen MR) is 143 cm³/mol. The number of nitrogens with two attached hydrogens (primary N) is 1. The predicted octanol–water partition coefficient (Wildman–Crippen LogP) is 3.98. The van der Waals surface area contributed by atoms with Crippen LogP contribution in [-0.4, -0.2) is 47.2 Å². The Morgan fingerprint density at radius 1 is 1.17 bits per heavy atom. The molecule has 3 aromatic rings. The highest BCUT2D eigenvalue weighted by molar-refractivity contribution is 7.99. The van der Waals surface area contributed by atoms with Crippen molar-refractivity contribution in [2.24, 2.45) is 5.41 Å². The van der Waals surface area contributed by atoms with Gasteiger partial charge < -0.3 is 10.6 Å². The van der Waals surface area contributed by atoms with E-state index in [4.69, 9.17) is 17.3 Å². The molecule has 12 heteroatoms. The Balaban J connectivity index is 1.29. The van der Waals surface area contributed by atoms with E-state index in [1.807, 2.05) is 33.0 Å². The van der Waals surface area contributed by atoms with Crippen molar-refractivity contribution >= 4 is 46.1 Å². The molecule has 1 aliphatic carbocycles. The first-order valence-corrected chi connectivity index (χ1v) is 14.2. The quantitative estimate of drug-likeness (QED) is 0.490. The van der Waals surface area contributed by atoms with Crippen LogP contribution in [0.2, 0.25) is 5.02 Å². The Bertz CT molecular complexity index is 1280. The van der Waals surface area contributed by atoms with E-state index in [-0.39, 0.29) is 22.0 Å². The highest BCUT2D eigenvalue weighted by Gasteiger charge is 2.49. The lowest BCUT2D eigenvalue weighted by molar-refractivity contribution is 0.176. The van der Waals surface area contributed by atoms with Crippen LogP contribution in [-0.2, 0) is 17.4 Å². The van der Waals surface area contributed by atoms with Gasteiger partial charge in [-0.1, -0.05) is 29.4 Å². The first kappa shape index (κ1) is 25.3. The zero-order chi connectivity index (χ0) is 25.5. The second kappa shape index (κ2) is 9.85. The van der Waals surface area contributed by atoms with Crippen molar-refractivity contribution in [2.45, 2.75) is 60.7 Å². The molecular weight excluding hydrogens is 516 g/mol. The second-order valence-electron chi connectivity index (χ2n) is 10.2. The average Bonchev–Trinajstić information content (AvgIpc) is 3.15. The van der Waals surface area contributed by atoms with Gasteiger partial charge in [-0.05, 0) is 63.1 Å². The van der Waals surface area contributed by atoms with Crippen molar-refractivity contribution < 1.29 is 4.21 Å². The van der Waals surface area contributed by atoms with Crippen LogP contribution in [0.25, 0.3) is 0 Å². The maximum absolute atomic E-state index is 13.1. The summed E-state index contributed by atoms with van der Waals surface area (Å²) in [5.41, 5.74) is 8.01. The van der Waals surface area contributed by atoms with Crippen LogP contribution in [0.5, 0.6) is 0 Å². The number of nitrogens with one attached hydrogen (secondary N) is 1. The number of nitrogens with zero attached hydrogens (tertiary/aromatic N) is 6. The van der Waals surface area contributed by atoms with Gasteiger partial charge in [-0.15, -0.1) is 10.2 Å². The number of aromatic nitrogens is 5. The molecule has 2 aliphatic rings. The van der Waals surface area contributed by atoms with Crippen molar-refractivity contribution in [3.05, 3.63) is 53.1 Å². The SMILES string of the molecule is CC(C)(C)S(=O)N[C@H]1c2cccnc2CC12CCN(c1ncc(Sc3ccnc(N)c3Cl)nn1)CC2. The Labute approximate surface area is 222 Å². The number of hydrogen-bond acceptors (Lipinski definition) is 9. The first-order valence-electron chi connectivity index (χ1n) is 11.8. The molecule has 1 unspecified atom stereocenters. The summed E-state index contributed by atoms with van der Waals surface area (Å²) in [6.45, 7) is 7.56. The molecule has 0 amide bonds. The Morgan fingerprint density at radius 2 is 1.94 bits per heavy atom. The lowest BCUT2D eigenvalue weighted by Crippen LogP contribution is -2.48. The molecule has 4 heterocycles. The Morgan fingerprint density at radius 3 is 2.64 bits per heavy atom. The number of halogens is 1. The lowest BCUT2D eigenvalue weighted by atomic mass is 9.73. The van der Waals surface area contributed by atoms with Crippen LogP contribution in [0, 0.1) is 5.41 Å². The molecule has 1 fully saturated rings. The van der Waals surface area contributed by atoms with Crippen molar-refractivity contribution in [3.8, 4) is 0 Å². The Hall–Kier alpha value is -2.34. The van der Waals surface area contributed by atoms with E-state index in [0.717, 1.165) is 42.9 Å². The largest absolute Gasteiger partial charge is 0.382 e. The standard InChI is InChI=1S/C24H29ClN8OS2/c1-23(2,3)36(34)32-20-15-5-4-9-27-16(15)13-24(20)7-11-33(12-8-24)22-29-14-18(30-31-22)35-17-6-10-28-21(26)19(17)25/h4-6,9-10,14,20,32H,7-8,11-13H2,1-3H3,(H2,26,28)/t20-,36?/m0/s1. The first-order chi connectivity index (χ1) is 17.2. The smallest absolute Gasteiger partial charge is 0.245 e. The second-order valence-corrected chi connectivity index (χ2v) is 13.6. The minimum Gasteiger partial charge on any atom is -0.382 e. The van der Waals surface area contributed by atoms with E-state index in [9.17, 15) is 4.21 Å². The molecule has 36 heavy (non-hydrogen) atoms. The summed E-state index contributed by atoms with van der Waals surface area (Å²) in [5, 5.41) is 9.76. The molecule has 0 radical (unpaired) electrons. The van der Waals surface area contributed by atoms with Crippen LogP contribution in [0.4, 0.5) is 11.8 Å². The van der Waals surface area contributed by atoms with Crippen molar-refractivity contribution in [3.63, 3.8) is 0 Å². The van der Waals surface area contributed by atoms with E-state index in [2.05, 4.69) is 40.8 Å². The fourth-order valence-electron chi connectivity index (χ4n) is 4.80. The maximum atomic E-state index is 13.1. The highest BCUT2D eigenvalue weighted by atomic mass is 35.5. The number of anilines is 2. The van der Waals surface area contributed by atoms with Crippen LogP contribution >= 0.6 is 23.4 Å². The van der Waals surface area contributed by atoms with Gasteiger partial charge in [-0.3, -0.25) is 4.98 Å². The summed E-state index contributed by atoms with van der Waals surface area (Å²) in [7, 11) is -1.18. The van der Waals surface area contributed by atoms with Crippen LogP contribution in [0.1, 0.15) is 50.9 Å². The van der Waals surface area contributed by atoms with Gasteiger partial charge >= 0.3 is 0 Å². The summed E-state index contributed by atoms with van der Waals surface area (Å²) >= 11 is 7.59. The third-order valence-corrected chi connectivity index (χ3v) is 9.84. The third kappa shape index (κ3) is 4.93. The van der Waals surface area contributed by atoms with Gasteiger partial charge in [0.2, 0.25) is 5.95 Å². The molecule has 190 valence electrons. The summed E-state index contributed by atoms with van der Waals surface area (Å²) in [5.74, 6) is 0.885. The summed E-state index contributed by atoms with van der Waals surface area (Å²) < 4.78 is 16.2. The molecule has 0 saturated carbocycles. The van der Waals surface area contributed by atoms with Gasteiger partial charge in [0.15, 0.2) is 0 Å². The van der Waals surface area contributed by atoms with Gasteiger partial charge in [-0.2, -0.15) is 0 Å². The molecule has 1 saturated heterocycles.